The molecule has 0 radical (unpaired) electrons. The summed E-state index contributed by atoms with van der Waals surface area (Å²) in [6, 6.07) is 4.43. The molecule has 3 heterocycles. The number of amides is 1. The Hall–Kier alpha value is -0.910. The van der Waals surface area contributed by atoms with Gasteiger partial charge in [-0.15, -0.1) is 11.3 Å². The molecule has 0 spiro atoms. The Morgan fingerprint density at radius 2 is 2.12 bits per heavy atom. The number of thiophene rings is 1. The summed E-state index contributed by atoms with van der Waals surface area (Å²) in [5.74, 6) is 0.200. The average molecular weight is 251 g/mol. The number of likely N-dealkylation sites (tertiary alicyclic amines) is 1. The summed E-state index contributed by atoms with van der Waals surface area (Å²) in [4.78, 5) is 17.3. The van der Waals surface area contributed by atoms with Crippen molar-refractivity contribution in [2.45, 2.75) is 6.04 Å². The van der Waals surface area contributed by atoms with E-state index in [1.165, 1.54) is 11.3 Å². The molecular weight excluding hydrogens is 234 g/mol. The van der Waals surface area contributed by atoms with Crippen molar-refractivity contribution in [3.63, 3.8) is 0 Å². The first-order valence-electron chi connectivity index (χ1n) is 6.12. The van der Waals surface area contributed by atoms with Crippen molar-refractivity contribution in [2.75, 3.05) is 39.3 Å². The Bertz CT molecular complexity index is 380. The molecule has 0 atom stereocenters. The maximum absolute atomic E-state index is 12.0. The van der Waals surface area contributed by atoms with Gasteiger partial charge in [-0.3, -0.25) is 9.69 Å². The van der Waals surface area contributed by atoms with Crippen molar-refractivity contribution in [1.82, 2.24) is 15.1 Å². The Kier molecular flexibility index (Phi) is 3.13. The number of carbonyl (C=O) groups is 1. The van der Waals surface area contributed by atoms with Gasteiger partial charge in [-0.05, 0) is 11.4 Å². The third kappa shape index (κ3) is 2.22. The van der Waals surface area contributed by atoms with Gasteiger partial charge in [0.2, 0.25) is 0 Å². The van der Waals surface area contributed by atoms with Gasteiger partial charge in [0.05, 0.1) is 4.88 Å². The zero-order chi connectivity index (χ0) is 11.7. The minimum atomic E-state index is 0.200. The van der Waals surface area contributed by atoms with E-state index >= 15 is 0 Å². The lowest BCUT2D eigenvalue weighted by Crippen LogP contribution is -2.63. The van der Waals surface area contributed by atoms with Crippen LogP contribution in [0.15, 0.2) is 17.5 Å². The molecule has 0 bridgehead atoms. The third-order valence-corrected chi connectivity index (χ3v) is 4.41. The molecule has 2 aliphatic heterocycles. The SMILES string of the molecule is O=C(c1cccs1)N1CC(N2CCNCC2)C1. The van der Waals surface area contributed by atoms with Gasteiger partial charge < -0.3 is 10.2 Å². The van der Waals surface area contributed by atoms with Gasteiger partial charge in [-0.25, -0.2) is 0 Å². The highest BCUT2D eigenvalue weighted by Gasteiger charge is 2.35. The Morgan fingerprint density at radius 3 is 2.76 bits per heavy atom. The normalized spacial score (nSPS) is 22.5. The molecule has 17 heavy (non-hydrogen) atoms. The predicted molar refractivity (Wildman–Crippen MR) is 68.5 cm³/mol. The van der Waals surface area contributed by atoms with Crippen molar-refractivity contribution in [2.24, 2.45) is 0 Å². The van der Waals surface area contributed by atoms with Gasteiger partial charge in [0, 0.05) is 45.3 Å². The van der Waals surface area contributed by atoms with E-state index in [2.05, 4.69) is 10.2 Å². The van der Waals surface area contributed by atoms with Crippen LogP contribution >= 0.6 is 11.3 Å². The fourth-order valence-corrected chi connectivity index (χ4v) is 3.15. The molecule has 0 aliphatic carbocycles. The molecule has 1 N–H and O–H groups in total. The van der Waals surface area contributed by atoms with Gasteiger partial charge in [-0.2, -0.15) is 0 Å². The highest BCUT2D eigenvalue weighted by Crippen LogP contribution is 2.20. The van der Waals surface area contributed by atoms with E-state index in [-0.39, 0.29) is 5.91 Å². The standard InChI is InChI=1S/C12H17N3OS/c16-12(11-2-1-7-17-11)15-8-10(9-15)14-5-3-13-4-6-14/h1-2,7,10,13H,3-6,8-9H2. The number of carbonyl (C=O) groups excluding carboxylic acids is 1. The number of rotatable bonds is 2. The van der Waals surface area contributed by atoms with Crippen molar-refractivity contribution in [3.8, 4) is 0 Å². The quantitative estimate of drug-likeness (QED) is 0.830. The predicted octanol–water partition coefficient (Wildman–Crippen LogP) is 0.478. The number of hydrogen-bond donors (Lipinski definition) is 1. The molecular formula is C12H17N3OS. The molecule has 2 saturated heterocycles. The third-order valence-electron chi connectivity index (χ3n) is 3.55. The Labute approximate surface area is 105 Å². The molecule has 1 aromatic rings. The summed E-state index contributed by atoms with van der Waals surface area (Å²) >= 11 is 1.53. The second kappa shape index (κ2) is 4.76. The molecule has 2 fully saturated rings. The highest BCUT2D eigenvalue weighted by molar-refractivity contribution is 7.12. The molecule has 5 heteroatoms. The zero-order valence-electron chi connectivity index (χ0n) is 9.76. The minimum absolute atomic E-state index is 0.200. The van der Waals surface area contributed by atoms with Crippen LogP contribution in [0.5, 0.6) is 0 Å². The summed E-state index contributed by atoms with van der Waals surface area (Å²) < 4.78 is 0. The molecule has 3 rings (SSSR count). The number of piperazine rings is 1. The Morgan fingerprint density at radius 1 is 1.35 bits per heavy atom. The fourth-order valence-electron chi connectivity index (χ4n) is 2.46. The fraction of sp³-hybridized carbons (Fsp3) is 0.583. The van der Waals surface area contributed by atoms with Crippen LogP contribution in [0, 0.1) is 0 Å². The monoisotopic (exact) mass is 251 g/mol. The molecule has 1 amide bonds. The van der Waals surface area contributed by atoms with Crippen LogP contribution in [-0.4, -0.2) is 61.0 Å². The van der Waals surface area contributed by atoms with Crippen LogP contribution in [0.25, 0.3) is 0 Å². The summed E-state index contributed by atoms with van der Waals surface area (Å²) in [5.41, 5.74) is 0. The first kappa shape index (κ1) is 11.2. The van der Waals surface area contributed by atoms with Crippen LogP contribution < -0.4 is 5.32 Å². The van der Waals surface area contributed by atoms with Crippen LogP contribution in [0.4, 0.5) is 0 Å². The smallest absolute Gasteiger partial charge is 0.264 e. The first-order valence-corrected chi connectivity index (χ1v) is 7.00. The van der Waals surface area contributed by atoms with Crippen LogP contribution in [0.3, 0.4) is 0 Å². The van der Waals surface area contributed by atoms with Crippen LogP contribution in [0.1, 0.15) is 9.67 Å². The highest BCUT2D eigenvalue weighted by atomic mass is 32.1. The van der Waals surface area contributed by atoms with Gasteiger partial charge in [-0.1, -0.05) is 6.07 Å². The summed E-state index contributed by atoms with van der Waals surface area (Å²) in [6.45, 7) is 6.19. The molecule has 4 nitrogen and oxygen atoms in total. The molecule has 92 valence electrons. The summed E-state index contributed by atoms with van der Waals surface area (Å²) in [6.07, 6.45) is 0. The van der Waals surface area contributed by atoms with E-state index in [1.54, 1.807) is 0 Å². The van der Waals surface area contributed by atoms with Crippen LogP contribution in [0.2, 0.25) is 0 Å². The molecule has 0 saturated carbocycles. The molecule has 0 aromatic carbocycles. The van der Waals surface area contributed by atoms with Gasteiger partial charge in [0.15, 0.2) is 0 Å². The number of hydrogen-bond acceptors (Lipinski definition) is 4. The largest absolute Gasteiger partial charge is 0.335 e. The van der Waals surface area contributed by atoms with Crippen molar-refractivity contribution >= 4 is 17.2 Å². The van der Waals surface area contributed by atoms with E-state index in [1.807, 2.05) is 22.4 Å². The Balaban J connectivity index is 1.52. The summed E-state index contributed by atoms with van der Waals surface area (Å²) in [5, 5.41) is 5.31. The number of nitrogens with zero attached hydrogens (tertiary/aromatic N) is 2. The second-order valence-corrected chi connectivity index (χ2v) is 5.57. The van der Waals surface area contributed by atoms with Crippen LogP contribution in [-0.2, 0) is 0 Å². The average Bonchev–Trinajstić information content (AvgIpc) is 2.81. The van der Waals surface area contributed by atoms with Crippen molar-refractivity contribution in [3.05, 3.63) is 22.4 Å². The molecule has 0 unspecified atom stereocenters. The van der Waals surface area contributed by atoms with E-state index in [0.717, 1.165) is 44.1 Å². The van der Waals surface area contributed by atoms with Gasteiger partial charge in [0.1, 0.15) is 0 Å². The maximum Gasteiger partial charge on any atom is 0.264 e. The first-order chi connectivity index (χ1) is 8.34. The van der Waals surface area contributed by atoms with E-state index < -0.39 is 0 Å². The lowest BCUT2D eigenvalue weighted by Gasteiger charge is -2.46. The van der Waals surface area contributed by atoms with Crippen molar-refractivity contribution in [1.29, 1.82) is 0 Å². The molecule has 2 aliphatic rings. The van der Waals surface area contributed by atoms with Crippen molar-refractivity contribution < 1.29 is 4.79 Å². The number of nitrogens with one attached hydrogen (secondary N) is 1. The second-order valence-electron chi connectivity index (χ2n) is 4.63. The maximum atomic E-state index is 12.0. The zero-order valence-corrected chi connectivity index (χ0v) is 10.6. The van der Waals surface area contributed by atoms with E-state index in [0.29, 0.717) is 6.04 Å². The molecule has 1 aromatic heterocycles. The minimum Gasteiger partial charge on any atom is -0.335 e. The topological polar surface area (TPSA) is 35.6 Å². The lowest BCUT2D eigenvalue weighted by atomic mass is 10.1. The van der Waals surface area contributed by atoms with E-state index in [4.69, 9.17) is 0 Å². The van der Waals surface area contributed by atoms with Gasteiger partial charge in [0.25, 0.3) is 5.91 Å². The summed E-state index contributed by atoms with van der Waals surface area (Å²) in [7, 11) is 0. The van der Waals surface area contributed by atoms with E-state index in [9.17, 15) is 4.79 Å². The van der Waals surface area contributed by atoms with Gasteiger partial charge >= 0.3 is 0 Å². The lowest BCUT2D eigenvalue weighted by molar-refractivity contribution is 0.0231.